The van der Waals surface area contributed by atoms with E-state index in [1.165, 1.54) is 33.6 Å². The van der Waals surface area contributed by atoms with Gasteiger partial charge in [0, 0.05) is 0 Å². The van der Waals surface area contributed by atoms with Crippen molar-refractivity contribution < 1.29 is 0 Å². The molecule has 0 radical (unpaired) electrons. The average molecular weight is 459 g/mol. The van der Waals surface area contributed by atoms with Crippen LogP contribution in [0.3, 0.4) is 0 Å². The van der Waals surface area contributed by atoms with Crippen LogP contribution in [0.4, 0.5) is 11.4 Å². The largest absolute Gasteiger partial charge is 0.282 e. The van der Waals surface area contributed by atoms with Gasteiger partial charge in [0.15, 0.2) is 0 Å². The Hall–Kier alpha value is -2.59. The van der Waals surface area contributed by atoms with Gasteiger partial charge in [0.25, 0.3) is 0 Å². The highest BCUT2D eigenvalue weighted by Crippen LogP contribution is 2.56. The molecule has 1 nitrogen and oxygen atoms in total. The number of rotatable bonds is 2. The third kappa shape index (κ3) is 2.36. The molecule has 4 aromatic rings. The topological polar surface area (TPSA) is 3.24 Å². The van der Waals surface area contributed by atoms with Gasteiger partial charge >= 0.3 is 0 Å². The van der Waals surface area contributed by atoms with Gasteiger partial charge in [-0.2, -0.15) is 0 Å². The molecular weight excluding hydrogens is 441 g/mol. The first-order valence-electron chi connectivity index (χ1n) is 9.09. The van der Waals surface area contributed by atoms with Crippen LogP contribution in [-0.4, -0.2) is 0 Å². The maximum absolute atomic E-state index is 2.43. The van der Waals surface area contributed by atoms with Crippen molar-refractivity contribution in [3.63, 3.8) is 0 Å². The first kappa shape index (κ1) is 16.6. The van der Waals surface area contributed by atoms with Crippen LogP contribution in [0.15, 0.2) is 109 Å². The summed E-state index contributed by atoms with van der Waals surface area (Å²) < 4.78 is 2.28. The summed E-state index contributed by atoms with van der Waals surface area (Å²) in [5.74, 6) is 0. The Morgan fingerprint density at radius 2 is 0.852 bits per heavy atom. The molecule has 0 N–H and O–H groups in total. The van der Waals surface area contributed by atoms with E-state index in [1.807, 2.05) is 0 Å². The number of benzene rings is 4. The minimum absolute atomic E-state index is 0.336. The molecule has 4 aromatic carbocycles. The molecule has 0 unspecified atom stereocenters. The van der Waals surface area contributed by atoms with Crippen molar-refractivity contribution in [1.29, 1.82) is 0 Å². The number of nitrogens with zero attached hydrogens (tertiary/aromatic N) is 1. The number of halogens is 1. The second-order valence-corrected chi connectivity index (χ2v) is 7.76. The summed E-state index contributed by atoms with van der Waals surface area (Å²) in [7, 11) is 0. The molecule has 0 amide bonds. The second kappa shape index (κ2) is 6.54. The zero-order valence-corrected chi connectivity index (χ0v) is 16.9. The third-order valence-electron chi connectivity index (χ3n) is 5.45. The Bertz CT molecular complexity index is 1000. The fraction of sp³-hybridized carbons (Fsp3) is 0.0400. The average Bonchev–Trinajstić information content (AvgIpc) is 2.76. The van der Waals surface area contributed by atoms with Crippen LogP contribution in [-0.2, 0) is 5.41 Å². The minimum Gasteiger partial charge on any atom is -0.282 e. The van der Waals surface area contributed by atoms with Gasteiger partial charge in [-0.25, -0.2) is 0 Å². The molecule has 0 atom stereocenters. The van der Waals surface area contributed by atoms with Crippen LogP contribution < -0.4 is 3.11 Å². The van der Waals surface area contributed by atoms with Gasteiger partial charge in [-0.15, -0.1) is 0 Å². The monoisotopic (exact) mass is 459 g/mol. The maximum atomic E-state index is 2.43. The van der Waals surface area contributed by atoms with Gasteiger partial charge in [0.2, 0.25) is 0 Å². The molecule has 5 rings (SSSR count). The fourth-order valence-electron chi connectivity index (χ4n) is 4.36. The minimum atomic E-state index is -0.336. The van der Waals surface area contributed by atoms with Crippen molar-refractivity contribution in [3.05, 3.63) is 131 Å². The van der Waals surface area contributed by atoms with Gasteiger partial charge in [-0.05, 0) is 34.4 Å². The zero-order valence-electron chi connectivity index (χ0n) is 14.7. The molecule has 0 saturated carbocycles. The summed E-state index contributed by atoms with van der Waals surface area (Å²) in [6.45, 7) is 0. The van der Waals surface area contributed by atoms with Crippen molar-refractivity contribution in [2.75, 3.05) is 3.11 Å². The van der Waals surface area contributed by atoms with Crippen molar-refractivity contribution in [2.24, 2.45) is 0 Å². The second-order valence-electron chi connectivity index (χ2n) is 6.80. The van der Waals surface area contributed by atoms with E-state index in [4.69, 9.17) is 0 Å². The Balaban J connectivity index is 1.99. The Labute approximate surface area is 173 Å². The van der Waals surface area contributed by atoms with Crippen LogP contribution in [0.2, 0.25) is 0 Å². The van der Waals surface area contributed by atoms with E-state index in [0.29, 0.717) is 0 Å². The highest BCUT2D eigenvalue weighted by molar-refractivity contribution is 14.1. The molecule has 1 heterocycles. The van der Waals surface area contributed by atoms with E-state index in [0.717, 1.165) is 0 Å². The third-order valence-corrected chi connectivity index (χ3v) is 6.49. The van der Waals surface area contributed by atoms with Gasteiger partial charge < -0.3 is 0 Å². The highest BCUT2D eigenvalue weighted by atomic mass is 127. The van der Waals surface area contributed by atoms with E-state index in [1.54, 1.807) is 0 Å². The van der Waals surface area contributed by atoms with Crippen molar-refractivity contribution in [3.8, 4) is 0 Å². The van der Waals surface area contributed by atoms with Crippen molar-refractivity contribution >= 4 is 34.2 Å². The number of fused-ring (bicyclic) bond motifs is 2. The van der Waals surface area contributed by atoms with Crippen LogP contribution in [0.5, 0.6) is 0 Å². The van der Waals surface area contributed by atoms with Crippen LogP contribution in [0.1, 0.15) is 22.3 Å². The van der Waals surface area contributed by atoms with Gasteiger partial charge in [-0.3, -0.25) is 3.11 Å². The molecular formula is C25H18IN. The summed E-state index contributed by atoms with van der Waals surface area (Å²) in [6, 6.07) is 39.3. The van der Waals surface area contributed by atoms with Gasteiger partial charge in [0.05, 0.1) is 39.7 Å². The van der Waals surface area contributed by atoms with Crippen molar-refractivity contribution in [2.45, 2.75) is 5.41 Å². The molecule has 130 valence electrons. The first-order valence-corrected chi connectivity index (χ1v) is 10.1. The number of para-hydroxylation sites is 2. The molecule has 0 aromatic heterocycles. The van der Waals surface area contributed by atoms with Gasteiger partial charge in [0.1, 0.15) is 0 Å². The van der Waals surface area contributed by atoms with E-state index in [2.05, 4.69) is 135 Å². The van der Waals surface area contributed by atoms with E-state index >= 15 is 0 Å². The summed E-state index contributed by atoms with van der Waals surface area (Å²) >= 11 is 2.43. The number of hydrogen-bond donors (Lipinski definition) is 0. The van der Waals surface area contributed by atoms with Crippen LogP contribution in [0, 0.1) is 0 Å². The normalized spacial score (nSPS) is 14.3. The lowest BCUT2D eigenvalue weighted by molar-refractivity contribution is 0.737. The Morgan fingerprint density at radius 1 is 0.481 bits per heavy atom. The lowest BCUT2D eigenvalue weighted by atomic mass is 9.63. The molecule has 0 aliphatic carbocycles. The Morgan fingerprint density at radius 3 is 1.30 bits per heavy atom. The predicted octanol–water partition coefficient (Wildman–Crippen LogP) is 6.87. The summed E-state index contributed by atoms with van der Waals surface area (Å²) in [6.07, 6.45) is 0. The van der Waals surface area contributed by atoms with E-state index < -0.39 is 0 Å². The smallest absolute Gasteiger partial charge is 0.0742 e. The first-order chi connectivity index (χ1) is 13.3. The molecule has 0 saturated heterocycles. The van der Waals surface area contributed by atoms with Gasteiger partial charge in [-0.1, -0.05) is 97.1 Å². The number of hydrogen-bond acceptors (Lipinski definition) is 1. The Kier molecular flexibility index (Phi) is 4.01. The molecule has 2 heteroatoms. The van der Waals surface area contributed by atoms with E-state index in [-0.39, 0.29) is 5.41 Å². The SMILES string of the molecule is IN1c2ccccc2C(c2ccccc2)(c2ccccc2)c2ccccc21. The lowest BCUT2D eigenvalue weighted by Crippen LogP contribution is -2.36. The number of anilines is 2. The van der Waals surface area contributed by atoms with Crippen molar-refractivity contribution in [1.82, 2.24) is 0 Å². The lowest BCUT2D eigenvalue weighted by Gasteiger charge is -2.44. The zero-order chi connectivity index (χ0) is 18.3. The highest BCUT2D eigenvalue weighted by Gasteiger charge is 2.45. The maximum Gasteiger partial charge on any atom is 0.0742 e. The summed E-state index contributed by atoms with van der Waals surface area (Å²) in [4.78, 5) is 0. The standard InChI is InChI=1S/C25H18IN/c26-27-23-17-9-7-15-21(23)25(19-11-3-1-4-12-19,20-13-5-2-6-14-20)22-16-8-10-18-24(22)27/h1-18H. The van der Waals surface area contributed by atoms with E-state index in [9.17, 15) is 0 Å². The summed E-state index contributed by atoms with van der Waals surface area (Å²) in [5, 5.41) is 0. The summed E-state index contributed by atoms with van der Waals surface area (Å²) in [5.41, 5.74) is 7.36. The molecule has 0 bridgehead atoms. The predicted molar refractivity (Wildman–Crippen MR) is 121 cm³/mol. The molecule has 1 aliphatic rings. The molecule has 0 fully saturated rings. The molecule has 27 heavy (non-hydrogen) atoms. The molecule has 1 aliphatic heterocycles. The molecule has 0 spiro atoms. The van der Waals surface area contributed by atoms with Crippen LogP contribution in [0.25, 0.3) is 0 Å². The van der Waals surface area contributed by atoms with Crippen LogP contribution >= 0.6 is 22.9 Å². The quantitative estimate of drug-likeness (QED) is 0.234. The fourth-order valence-corrected chi connectivity index (χ4v) is 5.21.